The van der Waals surface area contributed by atoms with Crippen LogP contribution in [0.15, 0.2) is 34.7 Å². The molecule has 7 heteroatoms. The molecule has 3 aromatic rings. The molecular formula is C17H18N4O3. The van der Waals surface area contributed by atoms with Gasteiger partial charge in [0.2, 0.25) is 0 Å². The number of nitrogens with one attached hydrogen (secondary N) is 2. The maximum atomic E-state index is 12.2. The fourth-order valence-corrected chi connectivity index (χ4v) is 2.58. The Morgan fingerprint density at radius 3 is 2.58 bits per heavy atom. The van der Waals surface area contributed by atoms with Gasteiger partial charge in [0.25, 0.3) is 5.91 Å². The fourth-order valence-electron chi connectivity index (χ4n) is 2.58. The first-order valence-electron chi connectivity index (χ1n) is 7.54. The molecule has 0 unspecified atom stereocenters. The van der Waals surface area contributed by atoms with Crippen molar-refractivity contribution >= 4 is 22.8 Å². The van der Waals surface area contributed by atoms with Crippen LogP contribution in [-0.4, -0.2) is 21.6 Å². The zero-order valence-corrected chi connectivity index (χ0v) is 13.7. The highest BCUT2D eigenvalue weighted by molar-refractivity contribution is 5.99. The fraction of sp³-hybridized carbons (Fsp3) is 0.235. The summed E-state index contributed by atoms with van der Waals surface area (Å²) in [5, 5.41) is 5.07. The molecule has 7 nitrogen and oxygen atoms in total. The number of amides is 2. The number of furan rings is 1. The van der Waals surface area contributed by atoms with Gasteiger partial charge in [-0.1, -0.05) is 18.2 Å². The van der Waals surface area contributed by atoms with Gasteiger partial charge < -0.3 is 4.42 Å². The lowest BCUT2D eigenvalue weighted by Crippen LogP contribution is -2.43. The second kappa shape index (κ2) is 6.19. The normalized spacial score (nSPS) is 10.8. The molecule has 0 saturated heterocycles. The van der Waals surface area contributed by atoms with Gasteiger partial charge in [0.15, 0.2) is 5.76 Å². The predicted molar refractivity (Wildman–Crippen MR) is 88.3 cm³/mol. The summed E-state index contributed by atoms with van der Waals surface area (Å²) in [6.45, 7) is 5.55. The van der Waals surface area contributed by atoms with E-state index in [2.05, 4.69) is 16.0 Å². The van der Waals surface area contributed by atoms with E-state index in [9.17, 15) is 9.59 Å². The average molecular weight is 326 g/mol. The number of hydrogen-bond donors (Lipinski definition) is 2. The molecule has 0 saturated carbocycles. The lowest BCUT2D eigenvalue weighted by Gasteiger charge is -2.07. The largest absolute Gasteiger partial charge is 0.451 e. The minimum absolute atomic E-state index is 0.0269. The summed E-state index contributed by atoms with van der Waals surface area (Å²) < 4.78 is 7.13. The van der Waals surface area contributed by atoms with Crippen LogP contribution >= 0.6 is 0 Å². The highest BCUT2D eigenvalue weighted by Gasteiger charge is 2.18. The number of fused-ring (bicyclic) bond motifs is 1. The van der Waals surface area contributed by atoms with E-state index in [1.807, 2.05) is 38.1 Å². The Hall–Kier alpha value is -3.09. The third-order valence-corrected chi connectivity index (χ3v) is 3.76. The topological polar surface area (TPSA) is 89.2 Å². The Labute approximate surface area is 138 Å². The summed E-state index contributed by atoms with van der Waals surface area (Å²) in [4.78, 5) is 24.2. The van der Waals surface area contributed by atoms with Gasteiger partial charge in [-0.3, -0.25) is 25.1 Å². The Balaban J connectivity index is 1.65. The molecule has 3 rings (SSSR count). The van der Waals surface area contributed by atoms with Gasteiger partial charge in [0.1, 0.15) is 12.1 Å². The number of rotatable bonds is 3. The van der Waals surface area contributed by atoms with Gasteiger partial charge in [-0.25, -0.2) is 0 Å². The lowest BCUT2D eigenvalue weighted by molar-refractivity contribution is -0.122. The van der Waals surface area contributed by atoms with Crippen molar-refractivity contribution in [1.29, 1.82) is 0 Å². The van der Waals surface area contributed by atoms with Crippen LogP contribution in [0.5, 0.6) is 0 Å². The highest BCUT2D eigenvalue weighted by atomic mass is 16.3. The summed E-state index contributed by atoms with van der Waals surface area (Å²) in [6.07, 6.45) is 0. The number of aryl methyl sites for hydroxylation is 3. The van der Waals surface area contributed by atoms with Gasteiger partial charge >= 0.3 is 5.91 Å². The Morgan fingerprint density at radius 1 is 1.17 bits per heavy atom. The summed E-state index contributed by atoms with van der Waals surface area (Å²) >= 11 is 0. The van der Waals surface area contributed by atoms with E-state index in [-0.39, 0.29) is 18.2 Å². The van der Waals surface area contributed by atoms with E-state index >= 15 is 0 Å². The first-order valence-corrected chi connectivity index (χ1v) is 7.54. The van der Waals surface area contributed by atoms with Crippen LogP contribution in [0.4, 0.5) is 0 Å². The van der Waals surface area contributed by atoms with Crippen molar-refractivity contribution in [3.8, 4) is 0 Å². The van der Waals surface area contributed by atoms with Crippen molar-refractivity contribution < 1.29 is 14.0 Å². The molecule has 2 N–H and O–H groups in total. The van der Waals surface area contributed by atoms with Crippen molar-refractivity contribution in [3.05, 3.63) is 53.0 Å². The molecule has 2 amide bonds. The number of hydrogen-bond acceptors (Lipinski definition) is 4. The summed E-state index contributed by atoms with van der Waals surface area (Å²) in [6, 6.07) is 9.27. The highest BCUT2D eigenvalue weighted by Crippen LogP contribution is 2.24. The molecule has 0 aliphatic carbocycles. The zero-order chi connectivity index (χ0) is 17.3. The van der Waals surface area contributed by atoms with E-state index in [4.69, 9.17) is 4.42 Å². The standard InChI is InChI=1S/C17H18N4O3/c1-10-8-11(2)21(20-10)9-15(22)18-19-17(23)16-12(3)13-6-4-5-7-14(13)24-16/h4-8H,9H2,1-3H3,(H,18,22)(H,19,23). The number of benzene rings is 1. The van der Waals surface area contributed by atoms with Crippen molar-refractivity contribution in [1.82, 2.24) is 20.6 Å². The molecule has 0 fully saturated rings. The molecule has 0 spiro atoms. The summed E-state index contributed by atoms with van der Waals surface area (Å²) in [7, 11) is 0. The summed E-state index contributed by atoms with van der Waals surface area (Å²) in [5.41, 5.74) is 7.83. The number of carbonyl (C=O) groups excluding carboxylic acids is 2. The van der Waals surface area contributed by atoms with E-state index in [1.165, 1.54) is 0 Å². The molecule has 0 aliphatic heterocycles. The Morgan fingerprint density at radius 2 is 1.92 bits per heavy atom. The number of para-hydroxylation sites is 1. The van der Waals surface area contributed by atoms with Gasteiger partial charge in [-0.05, 0) is 32.9 Å². The van der Waals surface area contributed by atoms with Crippen LogP contribution in [-0.2, 0) is 11.3 Å². The van der Waals surface area contributed by atoms with E-state index in [0.29, 0.717) is 5.58 Å². The second-order valence-electron chi connectivity index (χ2n) is 5.64. The minimum atomic E-state index is -0.495. The predicted octanol–water partition coefficient (Wildman–Crippen LogP) is 2.02. The molecule has 2 heterocycles. The number of aromatic nitrogens is 2. The minimum Gasteiger partial charge on any atom is -0.451 e. The first-order chi connectivity index (χ1) is 11.5. The van der Waals surface area contributed by atoms with Crippen LogP contribution in [0.1, 0.15) is 27.5 Å². The number of carbonyl (C=O) groups is 2. The van der Waals surface area contributed by atoms with Crippen molar-refractivity contribution in [2.45, 2.75) is 27.3 Å². The van der Waals surface area contributed by atoms with Crippen LogP contribution in [0.3, 0.4) is 0 Å². The van der Waals surface area contributed by atoms with Gasteiger partial charge in [0.05, 0.1) is 5.69 Å². The molecule has 124 valence electrons. The van der Waals surface area contributed by atoms with Crippen LogP contribution in [0.2, 0.25) is 0 Å². The quantitative estimate of drug-likeness (QED) is 0.721. The van der Waals surface area contributed by atoms with E-state index in [1.54, 1.807) is 17.7 Å². The molecule has 0 radical (unpaired) electrons. The van der Waals surface area contributed by atoms with Gasteiger partial charge in [-0.15, -0.1) is 0 Å². The van der Waals surface area contributed by atoms with Crippen LogP contribution in [0.25, 0.3) is 11.0 Å². The van der Waals surface area contributed by atoms with E-state index in [0.717, 1.165) is 22.3 Å². The Bertz CT molecular complexity index is 923. The van der Waals surface area contributed by atoms with Crippen molar-refractivity contribution in [3.63, 3.8) is 0 Å². The summed E-state index contributed by atoms with van der Waals surface area (Å²) in [5.74, 6) is -0.684. The lowest BCUT2D eigenvalue weighted by atomic mass is 10.1. The monoisotopic (exact) mass is 326 g/mol. The number of hydrazine groups is 1. The molecule has 24 heavy (non-hydrogen) atoms. The SMILES string of the molecule is Cc1cc(C)n(CC(=O)NNC(=O)c2oc3ccccc3c2C)n1. The maximum Gasteiger partial charge on any atom is 0.305 e. The molecule has 0 aliphatic rings. The average Bonchev–Trinajstić information content (AvgIpc) is 3.05. The third kappa shape index (κ3) is 3.01. The smallest absolute Gasteiger partial charge is 0.305 e. The van der Waals surface area contributed by atoms with Gasteiger partial charge in [-0.2, -0.15) is 5.10 Å². The van der Waals surface area contributed by atoms with Crippen molar-refractivity contribution in [2.24, 2.45) is 0 Å². The van der Waals surface area contributed by atoms with Crippen LogP contribution in [0, 0.1) is 20.8 Å². The number of nitrogens with zero attached hydrogens (tertiary/aromatic N) is 2. The first kappa shape index (κ1) is 15.8. The zero-order valence-electron chi connectivity index (χ0n) is 13.7. The van der Waals surface area contributed by atoms with E-state index < -0.39 is 5.91 Å². The maximum absolute atomic E-state index is 12.2. The molecule has 0 atom stereocenters. The Kier molecular flexibility index (Phi) is 4.07. The van der Waals surface area contributed by atoms with Crippen molar-refractivity contribution in [2.75, 3.05) is 0 Å². The van der Waals surface area contributed by atoms with Crippen LogP contribution < -0.4 is 10.9 Å². The third-order valence-electron chi connectivity index (χ3n) is 3.76. The molecule has 0 bridgehead atoms. The second-order valence-corrected chi connectivity index (χ2v) is 5.64. The molecule has 2 aromatic heterocycles. The molecule has 1 aromatic carbocycles. The molecular weight excluding hydrogens is 308 g/mol. The van der Waals surface area contributed by atoms with Gasteiger partial charge in [0, 0.05) is 16.6 Å².